The van der Waals surface area contributed by atoms with Crippen molar-refractivity contribution in [1.82, 2.24) is 5.43 Å². The Morgan fingerprint density at radius 2 is 1.50 bits per heavy atom. The van der Waals surface area contributed by atoms with Gasteiger partial charge in [-0.3, -0.25) is 24.6 Å². The zero-order chi connectivity index (χ0) is 28.2. The summed E-state index contributed by atoms with van der Waals surface area (Å²) >= 11 is 5.85. The van der Waals surface area contributed by atoms with Crippen LogP contribution in [0.2, 0.25) is 5.02 Å². The molecule has 1 aliphatic rings. The highest BCUT2D eigenvalue weighted by Gasteiger charge is 2.52. The third-order valence-electron chi connectivity index (χ3n) is 4.85. The smallest absolute Gasteiger partial charge is 0.303 e. The van der Waals surface area contributed by atoms with E-state index in [0.29, 0.717) is 10.8 Å². The quantitative estimate of drug-likeness (QED) is 0.102. The highest BCUT2D eigenvalue weighted by Crippen LogP contribution is 2.28. The molecule has 0 amide bonds. The van der Waals surface area contributed by atoms with Gasteiger partial charge in [-0.25, -0.2) is 5.53 Å². The molecule has 1 fully saturated rings. The van der Waals surface area contributed by atoms with E-state index in [9.17, 15) is 19.2 Å². The maximum absolute atomic E-state index is 11.9. The van der Waals surface area contributed by atoms with Crippen molar-refractivity contribution < 1.29 is 47.6 Å². The molecule has 0 spiro atoms. The van der Waals surface area contributed by atoms with Gasteiger partial charge in [0.15, 0.2) is 30.4 Å². The average molecular weight is 557 g/mol. The van der Waals surface area contributed by atoms with E-state index in [2.05, 4.69) is 15.6 Å². The molecule has 15 heteroatoms. The van der Waals surface area contributed by atoms with Crippen molar-refractivity contribution in [1.29, 1.82) is 5.53 Å². The van der Waals surface area contributed by atoms with Crippen LogP contribution in [0, 0.1) is 5.53 Å². The second-order valence-corrected chi connectivity index (χ2v) is 8.38. The third kappa shape index (κ3) is 9.94. The van der Waals surface area contributed by atoms with Crippen molar-refractivity contribution in [3.05, 3.63) is 29.3 Å². The van der Waals surface area contributed by atoms with Crippen LogP contribution < -0.4 is 10.2 Å². The number of carbonyl (C=O) groups is 4. The van der Waals surface area contributed by atoms with Gasteiger partial charge >= 0.3 is 23.9 Å². The zero-order valence-electron chi connectivity index (χ0n) is 21.2. The van der Waals surface area contributed by atoms with Crippen LogP contribution in [0.5, 0.6) is 5.75 Å². The van der Waals surface area contributed by atoms with Crippen LogP contribution in [0.25, 0.3) is 0 Å². The second-order valence-electron chi connectivity index (χ2n) is 7.94. The zero-order valence-corrected chi connectivity index (χ0v) is 21.9. The number of rotatable bonds is 11. The first kappa shape index (κ1) is 30.4. The SMILES string of the molecule is CC(=O)OCC1OC(N/N=C(/CCOc2ccc(Cl)cc2)N=N)C(OC(C)=O)C(OC(C)=O)C1OC(C)=O. The number of esters is 4. The van der Waals surface area contributed by atoms with Gasteiger partial charge in [0.25, 0.3) is 0 Å². The molecular weight excluding hydrogens is 528 g/mol. The lowest BCUT2D eigenvalue weighted by Crippen LogP contribution is -2.65. The fourth-order valence-corrected chi connectivity index (χ4v) is 3.52. The van der Waals surface area contributed by atoms with Crippen molar-refractivity contribution >= 4 is 41.3 Å². The summed E-state index contributed by atoms with van der Waals surface area (Å²) in [5.41, 5.74) is 10.0. The summed E-state index contributed by atoms with van der Waals surface area (Å²) in [7, 11) is 0. The van der Waals surface area contributed by atoms with Gasteiger partial charge in [0, 0.05) is 39.1 Å². The number of hydrazone groups is 1. The molecule has 5 unspecified atom stereocenters. The average Bonchev–Trinajstić information content (AvgIpc) is 2.83. The summed E-state index contributed by atoms with van der Waals surface area (Å²) in [5, 5.41) is 7.94. The van der Waals surface area contributed by atoms with Crippen molar-refractivity contribution in [2.45, 2.75) is 64.8 Å². The largest absolute Gasteiger partial charge is 0.493 e. The normalized spacial score (nSPS) is 23.0. The van der Waals surface area contributed by atoms with Crippen molar-refractivity contribution in [3.8, 4) is 5.75 Å². The number of ether oxygens (including phenoxy) is 6. The molecule has 0 radical (unpaired) electrons. The topological polar surface area (TPSA) is 184 Å². The number of amidine groups is 1. The first-order valence-corrected chi connectivity index (χ1v) is 11.8. The minimum Gasteiger partial charge on any atom is -0.493 e. The summed E-state index contributed by atoms with van der Waals surface area (Å²) < 4.78 is 32.4. The Morgan fingerprint density at radius 3 is 2.05 bits per heavy atom. The number of carbonyl (C=O) groups excluding carboxylic acids is 4. The Kier molecular flexibility index (Phi) is 11.9. The first-order chi connectivity index (χ1) is 18.0. The van der Waals surface area contributed by atoms with E-state index in [1.54, 1.807) is 24.3 Å². The molecule has 1 saturated heterocycles. The Morgan fingerprint density at radius 1 is 0.921 bits per heavy atom. The monoisotopic (exact) mass is 556 g/mol. The lowest BCUT2D eigenvalue weighted by molar-refractivity contribution is -0.257. The molecule has 1 aromatic carbocycles. The molecule has 2 N–H and O–H groups in total. The molecule has 1 aromatic rings. The van der Waals surface area contributed by atoms with E-state index in [4.69, 9.17) is 45.6 Å². The van der Waals surface area contributed by atoms with E-state index in [1.165, 1.54) is 6.92 Å². The molecule has 14 nitrogen and oxygen atoms in total. The number of halogens is 1. The van der Waals surface area contributed by atoms with Gasteiger partial charge in [-0.2, -0.15) is 5.10 Å². The highest BCUT2D eigenvalue weighted by atomic mass is 35.5. The van der Waals surface area contributed by atoms with Crippen LogP contribution in [0.1, 0.15) is 34.1 Å². The number of nitrogens with zero attached hydrogens (tertiary/aromatic N) is 2. The van der Waals surface area contributed by atoms with E-state index in [1.807, 2.05) is 0 Å². The van der Waals surface area contributed by atoms with Crippen LogP contribution in [-0.4, -0.2) is 73.6 Å². The van der Waals surface area contributed by atoms with Gasteiger partial charge in [0.05, 0.1) is 6.61 Å². The van der Waals surface area contributed by atoms with Gasteiger partial charge in [-0.1, -0.05) is 11.6 Å². The molecule has 38 heavy (non-hydrogen) atoms. The van der Waals surface area contributed by atoms with Crippen LogP contribution in [0.3, 0.4) is 0 Å². The van der Waals surface area contributed by atoms with Crippen LogP contribution in [0.4, 0.5) is 0 Å². The van der Waals surface area contributed by atoms with Gasteiger partial charge in [0.2, 0.25) is 0 Å². The minimum atomic E-state index is -1.35. The molecule has 0 aliphatic carbocycles. The predicted octanol–water partition coefficient (Wildman–Crippen LogP) is 2.13. The molecule has 2 rings (SSSR count). The number of hydrogen-bond acceptors (Lipinski definition) is 13. The van der Waals surface area contributed by atoms with E-state index in [0.717, 1.165) is 20.8 Å². The molecule has 0 aromatic heterocycles. The standard InChI is InChI=1S/C23H29ClN4O10/c1-12(29)34-11-18-20(35-13(2)30)21(36-14(3)31)22(37-15(4)32)23(38-18)28-27-19(26-25)9-10-33-17-7-5-16(24)6-8-17/h5-8,18,20-23,25,28H,9-11H2,1-4H3/b26-25?,27-19-. The second kappa shape index (κ2) is 14.8. The maximum Gasteiger partial charge on any atom is 0.303 e. The van der Waals surface area contributed by atoms with Gasteiger partial charge < -0.3 is 28.4 Å². The molecule has 208 valence electrons. The van der Waals surface area contributed by atoms with Crippen molar-refractivity contribution in [3.63, 3.8) is 0 Å². The predicted molar refractivity (Wildman–Crippen MR) is 129 cm³/mol. The summed E-state index contributed by atoms with van der Waals surface area (Å²) in [6.07, 6.45) is -6.33. The molecule has 5 atom stereocenters. The lowest BCUT2D eigenvalue weighted by atomic mass is 9.97. The van der Waals surface area contributed by atoms with Crippen LogP contribution >= 0.6 is 11.6 Å². The highest BCUT2D eigenvalue weighted by molar-refractivity contribution is 6.30. The Bertz CT molecular complexity index is 1040. The molecule has 1 heterocycles. The van der Waals surface area contributed by atoms with Gasteiger partial charge in [-0.05, 0) is 24.3 Å². The van der Waals surface area contributed by atoms with Crippen molar-refractivity contribution in [2.24, 2.45) is 10.2 Å². The number of benzene rings is 1. The summed E-state index contributed by atoms with van der Waals surface area (Å²) in [5.74, 6) is -2.36. The van der Waals surface area contributed by atoms with Gasteiger partial charge in [-0.15, -0.1) is 5.11 Å². The lowest BCUT2D eigenvalue weighted by Gasteiger charge is -2.44. The van der Waals surface area contributed by atoms with Crippen molar-refractivity contribution in [2.75, 3.05) is 13.2 Å². The summed E-state index contributed by atoms with van der Waals surface area (Å²) in [6.45, 7) is 4.26. The van der Waals surface area contributed by atoms with E-state index < -0.39 is 54.5 Å². The Hall–Kier alpha value is -3.78. The number of nitrogens with one attached hydrogen (secondary N) is 2. The fourth-order valence-electron chi connectivity index (χ4n) is 3.40. The van der Waals surface area contributed by atoms with Gasteiger partial charge in [0.1, 0.15) is 18.5 Å². The third-order valence-corrected chi connectivity index (χ3v) is 5.10. The molecule has 0 bridgehead atoms. The Balaban J connectivity index is 2.26. The number of hydrogen-bond donors (Lipinski definition) is 2. The van der Waals surface area contributed by atoms with Crippen LogP contribution in [0.15, 0.2) is 34.5 Å². The Labute approximate surface area is 223 Å². The summed E-state index contributed by atoms with van der Waals surface area (Å²) in [6, 6.07) is 6.67. The minimum absolute atomic E-state index is 0.00757. The maximum atomic E-state index is 11.9. The molecule has 1 aliphatic heterocycles. The van der Waals surface area contributed by atoms with E-state index in [-0.39, 0.29) is 25.5 Å². The summed E-state index contributed by atoms with van der Waals surface area (Å²) in [4.78, 5) is 47.0. The molecular formula is C23H29ClN4O10. The first-order valence-electron chi connectivity index (χ1n) is 11.4. The fraction of sp³-hybridized carbons (Fsp3) is 0.522. The van der Waals surface area contributed by atoms with E-state index >= 15 is 0 Å². The van der Waals surface area contributed by atoms with Crippen LogP contribution in [-0.2, 0) is 42.9 Å². The molecule has 0 saturated carbocycles.